The lowest BCUT2D eigenvalue weighted by molar-refractivity contribution is 0.0615. The highest BCUT2D eigenvalue weighted by Gasteiger charge is 2.55. The van der Waals surface area contributed by atoms with E-state index >= 15 is 0 Å². The molecule has 4 rings (SSSR count). The van der Waals surface area contributed by atoms with E-state index in [4.69, 9.17) is 0 Å². The molecule has 0 saturated carbocycles. The summed E-state index contributed by atoms with van der Waals surface area (Å²) in [5.74, 6) is -0.233. The third-order valence-electron chi connectivity index (χ3n) is 6.05. The number of hydrogen-bond donors (Lipinski definition) is 0. The average molecular weight is 368 g/mol. The van der Waals surface area contributed by atoms with Crippen LogP contribution in [0.15, 0.2) is 36.8 Å². The number of benzene rings is 1. The van der Waals surface area contributed by atoms with Crippen LogP contribution in [-0.4, -0.2) is 44.9 Å². The molecule has 0 N–H and O–H groups in total. The lowest BCUT2D eigenvalue weighted by Gasteiger charge is -2.35. The zero-order chi connectivity index (χ0) is 19.2. The lowest BCUT2D eigenvalue weighted by Crippen LogP contribution is -2.49. The molecule has 1 spiro atoms. The molecule has 2 fully saturated rings. The van der Waals surface area contributed by atoms with Gasteiger partial charge in [-0.05, 0) is 58.2 Å². The minimum Gasteiger partial charge on any atom is -0.364 e. The maximum absolute atomic E-state index is 13.8. The van der Waals surface area contributed by atoms with E-state index in [-0.39, 0.29) is 22.8 Å². The first kappa shape index (κ1) is 17.9. The summed E-state index contributed by atoms with van der Waals surface area (Å²) in [6.45, 7) is 7.63. The Morgan fingerprint density at radius 2 is 2.11 bits per heavy atom. The van der Waals surface area contributed by atoms with Crippen LogP contribution in [0.3, 0.4) is 0 Å². The molecule has 2 saturated heterocycles. The number of carbonyl (C=O) groups excluding carboxylic acids is 1. The topological polar surface area (TPSA) is 49.3 Å². The summed E-state index contributed by atoms with van der Waals surface area (Å²) in [4.78, 5) is 25.8. The predicted molar refractivity (Wildman–Crippen MR) is 102 cm³/mol. The Kier molecular flexibility index (Phi) is 4.17. The maximum Gasteiger partial charge on any atom is 0.257 e. The molecular formula is C21H25FN4O. The van der Waals surface area contributed by atoms with E-state index in [0.717, 1.165) is 31.5 Å². The Morgan fingerprint density at radius 1 is 1.30 bits per heavy atom. The molecular weight excluding hydrogens is 343 g/mol. The van der Waals surface area contributed by atoms with E-state index in [0.29, 0.717) is 17.8 Å². The number of anilines is 1. The largest absolute Gasteiger partial charge is 0.364 e. The highest BCUT2D eigenvalue weighted by atomic mass is 19.1. The molecule has 6 heteroatoms. The van der Waals surface area contributed by atoms with E-state index in [2.05, 4.69) is 28.7 Å². The molecule has 1 atom stereocenters. The standard InChI is InChI=1S/C21H25FN4O/c1-15-18(11-23-14-24-15)19(27)25-9-5-8-21(25)12-20(2,3)26(13-21)17-7-4-6-16(22)10-17/h4,6-7,10-11,14H,5,8-9,12-13H2,1-3H3. The van der Waals surface area contributed by atoms with Crippen molar-refractivity contribution >= 4 is 11.6 Å². The molecule has 27 heavy (non-hydrogen) atoms. The second kappa shape index (κ2) is 6.29. The Labute approximate surface area is 159 Å². The number of nitrogens with zero attached hydrogens (tertiary/aromatic N) is 4. The fourth-order valence-electron chi connectivity index (χ4n) is 4.90. The van der Waals surface area contributed by atoms with Crippen LogP contribution in [0.5, 0.6) is 0 Å². The number of hydrogen-bond acceptors (Lipinski definition) is 4. The first-order valence-corrected chi connectivity index (χ1v) is 9.44. The van der Waals surface area contributed by atoms with Crippen molar-refractivity contribution in [2.45, 2.75) is 51.1 Å². The van der Waals surface area contributed by atoms with Gasteiger partial charge in [0.2, 0.25) is 0 Å². The second-order valence-electron chi connectivity index (χ2n) is 8.36. The van der Waals surface area contributed by atoms with Crippen LogP contribution in [0.1, 0.15) is 49.2 Å². The molecule has 142 valence electrons. The van der Waals surface area contributed by atoms with Crippen LogP contribution >= 0.6 is 0 Å². The fraction of sp³-hybridized carbons (Fsp3) is 0.476. The van der Waals surface area contributed by atoms with E-state index in [9.17, 15) is 9.18 Å². The normalized spacial score (nSPS) is 24.0. The summed E-state index contributed by atoms with van der Waals surface area (Å²) in [6, 6.07) is 6.73. The number of aromatic nitrogens is 2. The Hall–Kier alpha value is -2.50. The molecule has 1 amide bonds. The summed E-state index contributed by atoms with van der Waals surface area (Å²) in [7, 11) is 0. The van der Waals surface area contributed by atoms with Gasteiger partial charge in [0.25, 0.3) is 5.91 Å². The van der Waals surface area contributed by atoms with Gasteiger partial charge in [-0.25, -0.2) is 14.4 Å². The molecule has 1 unspecified atom stereocenters. The van der Waals surface area contributed by atoms with Crippen molar-refractivity contribution < 1.29 is 9.18 Å². The molecule has 3 heterocycles. The van der Waals surface area contributed by atoms with Gasteiger partial charge in [0, 0.05) is 30.5 Å². The third-order valence-corrected chi connectivity index (χ3v) is 6.05. The van der Waals surface area contributed by atoms with Crippen LogP contribution in [0, 0.1) is 12.7 Å². The van der Waals surface area contributed by atoms with Crippen molar-refractivity contribution in [3.05, 3.63) is 53.9 Å². The number of aryl methyl sites for hydroxylation is 1. The Balaban J connectivity index is 1.68. The van der Waals surface area contributed by atoms with Crippen LogP contribution < -0.4 is 4.90 Å². The van der Waals surface area contributed by atoms with Crippen molar-refractivity contribution in [2.24, 2.45) is 0 Å². The quantitative estimate of drug-likeness (QED) is 0.813. The van der Waals surface area contributed by atoms with Gasteiger partial charge in [0.15, 0.2) is 0 Å². The molecule has 0 bridgehead atoms. The number of amides is 1. The molecule has 2 aliphatic heterocycles. The van der Waals surface area contributed by atoms with E-state index < -0.39 is 0 Å². The first-order chi connectivity index (χ1) is 12.8. The van der Waals surface area contributed by atoms with Gasteiger partial charge in [-0.15, -0.1) is 0 Å². The smallest absolute Gasteiger partial charge is 0.257 e. The monoisotopic (exact) mass is 368 g/mol. The second-order valence-corrected chi connectivity index (χ2v) is 8.36. The highest BCUT2D eigenvalue weighted by molar-refractivity contribution is 5.95. The van der Waals surface area contributed by atoms with Gasteiger partial charge in [0.05, 0.1) is 16.8 Å². The van der Waals surface area contributed by atoms with Gasteiger partial charge in [-0.3, -0.25) is 4.79 Å². The van der Waals surface area contributed by atoms with Crippen LogP contribution in [0.4, 0.5) is 10.1 Å². The summed E-state index contributed by atoms with van der Waals surface area (Å²) in [5.41, 5.74) is 1.74. The molecule has 0 aliphatic carbocycles. The van der Waals surface area contributed by atoms with Gasteiger partial charge in [-0.2, -0.15) is 0 Å². The summed E-state index contributed by atoms with van der Waals surface area (Å²) in [6.07, 6.45) is 5.87. The van der Waals surface area contributed by atoms with E-state index in [1.807, 2.05) is 17.9 Å². The van der Waals surface area contributed by atoms with Gasteiger partial charge in [0.1, 0.15) is 12.1 Å². The molecule has 5 nitrogen and oxygen atoms in total. The molecule has 1 aromatic carbocycles. The van der Waals surface area contributed by atoms with Crippen molar-refractivity contribution in [3.63, 3.8) is 0 Å². The molecule has 2 aliphatic rings. The van der Waals surface area contributed by atoms with Crippen molar-refractivity contribution in [1.82, 2.24) is 14.9 Å². The average Bonchev–Trinajstić information content (AvgIpc) is 3.14. The number of carbonyl (C=O) groups is 1. The van der Waals surface area contributed by atoms with E-state index in [1.54, 1.807) is 18.3 Å². The minimum atomic E-state index is -0.241. The molecule has 1 aromatic heterocycles. The highest BCUT2D eigenvalue weighted by Crippen LogP contribution is 2.47. The van der Waals surface area contributed by atoms with Crippen LogP contribution in [0.25, 0.3) is 0 Å². The SMILES string of the molecule is Cc1ncncc1C(=O)N1CCCC12CN(c1cccc(F)c1)C(C)(C)C2. The zero-order valence-electron chi connectivity index (χ0n) is 16.1. The Bertz CT molecular complexity index is 884. The van der Waals surface area contributed by atoms with Crippen LogP contribution in [0.2, 0.25) is 0 Å². The third kappa shape index (κ3) is 2.97. The van der Waals surface area contributed by atoms with Gasteiger partial charge < -0.3 is 9.80 Å². The van der Waals surface area contributed by atoms with E-state index in [1.165, 1.54) is 12.4 Å². The predicted octanol–water partition coefficient (Wildman–Crippen LogP) is 3.59. The molecule has 0 radical (unpaired) electrons. The summed E-state index contributed by atoms with van der Waals surface area (Å²) >= 11 is 0. The van der Waals surface area contributed by atoms with Crippen molar-refractivity contribution in [3.8, 4) is 0 Å². The number of rotatable bonds is 2. The van der Waals surface area contributed by atoms with Gasteiger partial charge >= 0.3 is 0 Å². The molecule has 2 aromatic rings. The number of likely N-dealkylation sites (tertiary alicyclic amines) is 1. The summed E-state index contributed by atoms with van der Waals surface area (Å²) in [5, 5.41) is 0. The lowest BCUT2D eigenvalue weighted by atomic mass is 9.87. The Morgan fingerprint density at radius 3 is 2.85 bits per heavy atom. The zero-order valence-corrected chi connectivity index (χ0v) is 16.1. The first-order valence-electron chi connectivity index (χ1n) is 9.44. The van der Waals surface area contributed by atoms with Crippen LogP contribution in [-0.2, 0) is 0 Å². The minimum absolute atomic E-state index is 0.00231. The van der Waals surface area contributed by atoms with Gasteiger partial charge in [-0.1, -0.05) is 6.07 Å². The van der Waals surface area contributed by atoms with Crippen molar-refractivity contribution in [1.29, 1.82) is 0 Å². The maximum atomic E-state index is 13.8. The van der Waals surface area contributed by atoms with Crippen molar-refractivity contribution in [2.75, 3.05) is 18.0 Å². The fourth-order valence-corrected chi connectivity index (χ4v) is 4.90. The number of halogens is 1. The summed E-state index contributed by atoms with van der Waals surface area (Å²) < 4.78 is 13.8.